The molecule has 1 atom stereocenters. The molecule has 4 aromatic rings. The molecule has 39 heavy (non-hydrogen) atoms. The summed E-state index contributed by atoms with van der Waals surface area (Å²) in [5.41, 5.74) is 3.30. The van der Waals surface area contributed by atoms with Crippen molar-refractivity contribution in [2.24, 2.45) is 0 Å². The van der Waals surface area contributed by atoms with E-state index in [1.54, 1.807) is 19.2 Å². The van der Waals surface area contributed by atoms with E-state index in [1.165, 1.54) is 11.3 Å². The van der Waals surface area contributed by atoms with Crippen LogP contribution in [0.15, 0.2) is 36.5 Å². The summed E-state index contributed by atoms with van der Waals surface area (Å²) in [5.74, 6) is 0.226. The van der Waals surface area contributed by atoms with Crippen LogP contribution >= 0.6 is 11.3 Å². The van der Waals surface area contributed by atoms with Gasteiger partial charge in [0.1, 0.15) is 17.7 Å². The second kappa shape index (κ2) is 11.2. The van der Waals surface area contributed by atoms with E-state index in [-0.39, 0.29) is 17.8 Å². The van der Waals surface area contributed by atoms with E-state index in [0.29, 0.717) is 42.0 Å². The summed E-state index contributed by atoms with van der Waals surface area (Å²) in [6.07, 6.45) is 5.23. The average Bonchev–Trinajstić information content (AvgIpc) is 3.68. The lowest BCUT2D eigenvalue weighted by Crippen LogP contribution is -2.36. The monoisotopic (exact) mass is 553 g/mol. The number of imidazole rings is 1. The molecule has 206 valence electrons. The van der Waals surface area contributed by atoms with Gasteiger partial charge in [-0.3, -0.25) is 9.20 Å². The van der Waals surface area contributed by atoms with E-state index >= 15 is 4.39 Å². The number of amides is 1. The van der Waals surface area contributed by atoms with Crippen LogP contribution in [0.1, 0.15) is 54.1 Å². The minimum Gasteiger partial charge on any atom is -0.496 e. The second-order valence-corrected chi connectivity index (χ2v) is 11.4. The van der Waals surface area contributed by atoms with Gasteiger partial charge in [0.25, 0.3) is 5.91 Å². The molecular weight excluding hydrogens is 520 g/mol. The molecule has 10 heteroatoms. The minimum absolute atomic E-state index is 0.101. The van der Waals surface area contributed by atoms with Gasteiger partial charge < -0.3 is 20.3 Å². The van der Waals surface area contributed by atoms with Gasteiger partial charge in [0, 0.05) is 48.6 Å². The van der Waals surface area contributed by atoms with Crippen LogP contribution in [0.4, 0.5) is 8.78 Å². The van der Waals surface area contributed by atoms with Crippen LogP contribution < -0.4 is 15.4 Å². The number of alkyl halides is 1. The fraction of sp³-hybridized carbons (Fsp3) is 0.448. The van der Waals surface area contributed by atoms with Crippen molar-refractivity contribution in [3.05, 3.63) is 53.5 Å². The number of hydrogen-bond acceptors (Lipinski definition) is 6. The number of piperidine rings is 1. The van der Waals surface area contributed by atoms with E-state index in [2.05, 4.69) is 15.5 Å². The fourth-order valence-electron chi connectivity index (χ4n) is 5.67. The Balaban J connectivity index is 1.15. The summed E-state index contributed by atoms with van der Waals surface area (Å²) in [5, 5.41) is 6.40. The Bertz CT molecular complexity index is 1490. The normalized spacial score (nSPS) is 18.8. The van der Waals surface area contributed by atoms with Gasteiger partial charge in [-0.05, 0) is 75.5 Å². The molecule has 0 spiro atoms. The highest BCUT2D eigenvalue weighted by atomic mass is 32.1. The SMILES string of the molecule is COc1cc(-c2cn3c(n2)sc2cc(C(=O)NCCCN4CCC(F)CC4)ccc23)c(F)cc1C1CCCN1. The molecule has 1 amide bonds. The number of likely N-dealkylation sites (tertiary alicyclic amines) is 1. The highest BCUT2D eigenvalue weighted by Crippen LogP contribution is 2.37. The largest absolute Gasteiger partial charge is 0.496 e. The van der Waals surface area contributed by atoms with Gasteiger partial charge in [-0.1, -0.05) is 11.3 Å². The van der Waals surface area contributed by atoms with Crippen molar-refractivity contribution in [2.75, 3.05) is 39.8 Å². The highest BCUT2D eigenvalue weighted by Gasteiger charge is 2.24. The number of thiazole rings is 1. The van der Waals surface area contributed by atoms with Crippen LogP contribution in [0.5, 0.6) is 5.75 Å². The average molecular weight is 554 g/mol. The Morgan fingerprint density at radius 3 is 2.85 bits per heavy atom. The maximum absolute atomic E-state index is 15.3. The lowest BCUT2D eigenvalue weighted by molar-refractivity contribution is 0.0950. The first kappa shape index (κ1) is 26.2. The Morgan fingerprint density at radius 1 is 1.23 bits per heavy atom. The van der Waals surface area contributed by atoms with Gasteiger partial charge in [-0.15, -0.1) is 0 Å². The number of rotatable bonds is 8. The number of nitrogens with one attached hydrogen (secondary N) is 2. The van der Waals surface area contributed by atoms with Gasteiger partial charge >= 0.3 is 0 Å². The van der Waals surface area contributed by atoms with E-state index < -0.39 is 6.17 Å². The Hall–Kier alpha value is -3.08. The summed E-state index contributed by atoms with van der Waals surface area (Å²) in [6, 6.07) is 9.01. The van der Waals surface area contributed by atoms with Crippen molar-refractivity contribution in [3.8, 4) is 17.0 Å². The third-order valence-electron chi connectivity index (χ3n) is 7.84. The van der Waals surface area contributed by atoms with Crippen molar-refractivity contribution in [2.45, 2.75) is 44.3 Å². The first-order chi connectivity index (χ1) is 19.0. The summed E-state index contributed by atoms with van der Waals surface area (Å²) in [4.78, 5) is 20.4. The molecule has 0 aliphatic carbocycles. The van der Waals surface area contributed by atoms with Crippen LogP contribution in [0.25, 0.3) is 26.4 Å². The first-order valence-electron chi connectivity index (χ1n) is 13.7. The zero-order valence-electron chi connectivity index (χ0n) is 22.0. The van der Waals surface area contributed by atoms with Crippen LogP contribution in [0.2, 0.25) is 0 Å². The topological polar surface area (TPSA) is 70.9 Å². The van der Waals surface area contributed by atoms with E-state index in [0.717, 1.165) is 66.2 Å². The number of methoxy groups -OCH3 is 1. The quantitative estimate of drug-likeness (QED) is 0.288. The maximum atomic E-state index is 15.3. The van der Waals surface area contributed by atoms with Crippen molar-refractivity contribution >= 4 is 32.4 Å². The van der Waals surface area contributed by atoms with E-state index in [4.69, 9.17) is 9.72 Å². The lowest BCUT2D eigenvalue weighted by Gasteiger charge is -2.28. The molecule has 2 aromatic heterocycles. The predicted molar refractivity (Wildman–Crippen MR) is 150 cm³/mol. The zero-order chi connectivity index (χ0) is 26.9. The number of halogens is 2. The molecule has 0 bridgehead atoms. The summed E-state index contributed by atoms with van der Waals surface area (Å²) in [7, 11) is 1.61. The highest BCUT2D eigenvalue weighted by molar-refractivity contribution is 7.23. The smallest absolute Gasteiger partial charge is 0.251 e. The number of ether oxygens (including phenoxy) is 1. The molecule has 0 radical (unpaired) electrons. The van der Waals surface area contributed by atoms with Gasteiger partial charge in [0.05, 0.1) is 23.0 Å². The zero-order valence-corrected chi connectivity index (χ0v) is 22.8. The maximum Gasteiger partial charge on any atom is 0.251 e. The van der Waals surface area contributed by atoms with Crippen LogP contribution in [-0.2, 0) is 0 Å². The summed E-state index contributed by atoms with van der Waals surface area (Å²) >= 11 is 1.47. The summed E-state index contributed by atoms with van der Waals surface area (Å²) in [6.45, 7) is 3.94. The molecule has 7 nitrogen and oxygen atoms in total. The van der Waals surface area contributed by atoms with Gasteiger partial charge in [-0.2, -0.15) is 0 Å². The summed E-state index contributed by atoms with van der Waals surface area (Å²) < 4.78 is 37.0. The van der Waals surface area contributed by atoms with Crippen molar-refractivity contribution < 1.29 is 18.3 Å². The molecule has 2 N–H and O–H groups in total. The first-order valence-corrected chi connectivity index (χ1v) is 14.5. The fourth-order valence-corrected chi connectivity index (χ4v) is 6.71. The Labute approximate surface area is 230 Å². The lowest BCUT2D eigenvalue weighted by atomic mass is 10.0. The number of nitrogens with zero attached hydrogens (tertiary/aromatic N) is 3. The molecule has 6 rings (SSSR count). The number of benzene rings is 2. The van der Waals surface area contributed by atoms with E-state index in [1.807, 2.05) is 28.8 Å². The van der Waals surface area contributed by atoms with Crippen LogP contribution in [0.3, 0.4) is 0 Å². The number of fused-ring (bicyclic) bond motifs is 3. The molecule has 2 saturated heterocycles. The molecule has 2 aliphatic rings. The number of carbonyl (C=O) groups is 1. The van der Waals surface area contributed by atoms with Gasteiger partial charge in [-0.25, -0.2) is 13.8 Å². The molecule has 2 fully saturated rings. The Morgan fingerprint density at radius 2 is 2.08 bits per heavy atom. The minimum atomic E-state index is -0.669. The number of carbonyl (C=O) groups excluding carboxylic acids is 1. The van der Waals surface area contributed by atoms with Crippen LogP contribution in [0, 0.1) is 5.82 Å². The van der Waals surface area contributed by atoms with Gasteiger partial charge in [0.15, 0.2) is 4.96 Å². The van der Waals surface area contributed by atoms with Crippen molar-refractivity contribution in [3.63, 3.8) is 0 Å². The van der Waals surface area contributed by atoms with Crippen molar-refractivity contribution in [1.29, 1.82) is 0 Å². The second-order valence-electron chi connectivity index (χ2n) is 10.4. The molecule has 2 aliphatic heterocycles. The number of hydrogen-bond donors (Lipinski definition) is 2. The van der Waals surface area contributed by atoms with Crippen molar-refractivity contribution in [1.82, 2.24) is 24.9 Å². The number of aromatic nitrogens is 2. The molecule has 0 saturated carbocycles. The third kappa shape index (κ3) is 5.37. The molecular formula is C29H33F2N5O2S. The van der Waals surface area contributed by atoms with Crippen LogP contribution in [-0.4, -0.2) is 66.2 Å². The molecule has 4 heterocycles. The van der Waals surface area contributed by atoms with E-state index in [9.17, 15) is 9.18 Å². The Kier molecular flexibility index (Phi) is 7.51. The predicted octanol–water partition coefficient (Wildman–Crippen LogP) is 5.34. The third-order valence-corrected chi connectivity index (χ3v) is 8.86. The molecule has 2 aromatic carbocycles. The standard InChI is InChI=1S/C29H33F2N5O2S/c1-38-26-16-20(22(31)15-21(26)23-4-2-9-32-23)24-17-36-25-6-5-18(14-27(25)39-29(36)34-24)28(37)33-10-3-11-35-12-7-19(30)8-13-35/h5-6,14-17,19,23,32H,2-4,7-13H2,1H3,(H,33,37). The van der Waals surface area contributed by atoms with Gasteiger partial charge in [0.2, 0.25) is 0 Å². The molecule has 1 unspecified atom stereocenters.